The van der Waals surface area contributed by atoms with Crippen molar-refractivity contribution < 1.29 is 28.0 Å². The zero-order chi connectivity index (χ0) is 28.9. The van der Waals surface area contributed by atoms with Crippen molar-refractivity contribution in [3.05, 3.63) is 35.9 Å². The number of rotatable bonds is 9. The molecule has 3 atom stereocenters. The summed E-state index contributed by atoms with van der Waals surface area (Å²) in [6, 6.07) is 10.2. The van der Waals surface area contributed by atoms with E-state index in [1.165, 1.54) is 12.5 Å². The normalized spacial score (nSPS) is 21.3. The van der Waals surface area contributed by atoms with Crippen LogP contribution in [-0.2, 0) is 34.4 Å². The van der Waals surface area contributed by atoms with Crippen molar-refractivity contribution in [1.82, 2.24) is 5.32 Å². The van der Waals surface area contributed by atoms with Gasteiger partial charge in [-0.05, 0) is 24.3 Å². The highest BCUT2D eigenvalue weighted by atomic mass is 31.2. The molecule has 1 saturated heterocycles. The molecule has 0 aliphatic carbocycles. The molecule has 0 saturated carbocycles. The first-order valence-corrected chi connectivity index (χ1v) is 15.1. The zero-order valence-corrected chi connectivity index (χ0v) is 25.6. The van der Waals surface area contributed by atoms with E-state index in [4.69, 9.17) is 9.05 Å². The Kier molecular flexibility index (Phi) is 15.4. The molecule has 1 unspecified atom stereocenters. The van der Waals surface area contributed by atoms with Crippen molar-refractivity contribution in [3.63, 3.8) is 0 Å². The van der Waals surface area contributed by atoms with Crippen molar-refractivity contribution >= 4 is 25.1 Å². The predicted octanol–water partition coefficient (Wildman–Crippen LogP) is 6.63. The second kappa shape index (κ2) is 16.2. The largest absolute Gasteiger partial charge is 0.353 e. The fraction of sp³-hybridized carbons (Fsp3) is 0.690. The summed E-state index contributed by atoms with van der Waals surface area (Å²) in [4.78, 5) is 34.9. The van der Waals surface area contributed by atoms with Crippen molar-refractivity contribution in [2.45, 2.75) is 94.6 Å². The van der Waals surface area contributed by atoms with Gasteiger partial charge in [-0.15, -0.1) is 0 Å². The fourth-order valence-electron chi connectivity index (χ4n) is 3.48. The highest BCUT2D eigenvalue weighted by Crippen LogP contribution is 2.55. The molecule has 212 valence electrons. The Morgan fingerprint density at radius 3 is 2.19 bits per heavy atom. The van der Waals surface area contributed by atoms with Crippen molar-refractivity contribution in [2.24, 2.45) is 16.7 Å². The zero-order valence-electron chi connectivity index (χ0n) is 24.7. The number of benzene rings is 1. The molecule has 37 heavy (non-hydrogen) atoms. The van der Waals surface area contributed by atoms with Crippen LogP contribution in [0, 0.1) is 16.7 Å². The molecule has 1 heterocycles. The third-order valence-corrected chi connectivity index (χ3v) is 7.48. The van der Waals surface area contributed by atoms with Gasteiger partial charge < -0.3 is 9.84 Å². The van der Waals surface area contributed by atoms with Crippen molar-refractivity contribution in [3.8, 4) is 0 Å². The third-order valence-electron chi connectivity index (χ3n) is 5.65. The van der Waals surface area contributed by atoms with Crippen LogP contribution in [0.4, 0.5) is 0 Å². The Bertz CT molecular complexity index is 891. The number of carbonyl (C=O) groups is 3. The van der Waals surface area contributed by atoms with E-state index < -0.39 is 19.1 Å². The molecular formula is C29H50NO6P. The summed E-state index contributed by atoms with van der Waals surface area (Å²) in [6.45, 7) is 19.6. The van der Waals surface area contributed by atoms with E-state index in [1.807, 2.05) is 52.8 Å². The Hall–Kier alpha value is -1.82. The highest BCUT2D eigenvalue weighted by molar-refractivity contribution is 7.53. The summed E-state index contributed by atoms with van der Waals surface area (Å²) in [5.41, 5.74) is 0.795. The summed E-state index contributed by atoms with van der Waals surface area (Å²) >= 11 is 0. The molecule has 0 radical (unpaired) electrons. The first kappa shape index (κ1) is 35.2. The lowest BCUT2D eigenvalue weighted by Crippen LogP contribution is -2.49. The predicted molar refractivity (Wildman–Crippen MR) is 151 cm³/mol. The van der Waals surface area contributed by atoms with Gasteiger partial charge in [0, 0.05) is 36.9 Å². The topological polar surface area (TPSA) is 98.8 Å². The van der Waals surface area contributed by atoms with Crippen LogP contribution < -0.4 is 5.32 Å². The minimum absolute atomic E-state index is 0.00619. The van der Waals surface area contributed by atoms with E-state index in [0.29, 0.717) is 12.2 Å². The molecule has 1 N–H and O–H groups in total. The number of hydrogen-bond donors (Lipinski definition) is 1. The van der Waals surface area contributed by atoms with Gasteiger partial charge in [-0.25, -0.2) is 0 Å². The van der Waals surface area contributed by atoms with Gasteiger partial charge in [-0.2, -0.15) is 0 Å². The number of carbonyl (C=O) groups excluding carboxylic acids is 3. The summed E-state index contributed by atoms with van der Waals surface area (Å²) in [6.07, 6.45) is 1.22. The van der Waals surface area contributed by atoms with Crippen molar-refractivity contribution in [1.29, 1.82) is 0 Å². The summed E-state index contributed by atoms with van der Waals surface area (Å²) in [5, 5.41) is 2.64. The molecule has 8 heteroatoms. The third kappa shape index (κ3) is 14.1. The van der Waals surface area contributed by atoms with Gasteiger partial charge in [0.1, 0.15) is 11.6 Å². The van der Waals surface area contributed by atoms with Crippen LogP contribution in [-0.4, -0.2) is 42.9 Å². The summed E-state index contributed by atoms with van der Waals surface area (Å²) in [7, 11) is -3.16. The van der Waals surface area contributed by atoms with E-state index in [2.05, 4.69) is 38.2 Å². The first-order chi connectivity index (χ1) is 17.1. The number of nitrogens with one attached hydrogen (secondary N) is 1. The highest BCUT2D eigenvalue weighted by Gasteiger charge is 2.46. The van der Waals surface area contributed by atoms with Gasteiger partial charge >= 0.3 is 7.60 Å². The molecule has 0 spiro atoms. The molecule has 7 nitrogen and oxygen atoms in total. The van der Waals surface area contributed by atoms with Crippen molar-refractivity contribution in [2.75, 3.05) is 19.3 Å². The van der Waals surface area contributed by atoms with Gasteiger partial charge in [0.05, 0.1) is 6.61 Å². The Labute approximate surface area is 225 Å². The molecule has 2 rings (SSSR count). The summed E-state index contributed by atoms with van der Waals surface area (Å²) < 4.78 is 22.8. The minimum atomic E-state index is -3.16. The molecule has 1 fully saturated rings. The molecule has 1 aliphatic heterocycles. The number of ketones is 2. The van der Waals surface area contributed by atoms with Crippen LogP contribution in [0.15, 0.2) is 30.3 Å². The van der Waals surface area contributed by atoms with E-state index in [0.717, 1.165) is 6.42 Å². The monoisotopic (exact) mass is 539 g/mol. The number of Topliss-reactive ketones (excluding diaryl/α,β-unsaturated/α-hetero) is 2. The van der Waals surface area contributed by atoms with Crippen LogP contribution in [0.2, 0.25) is 0 Å². The lowest BCUT2D eigenvalue weighted by Gasteiger charge is -2.40. The quantitative estimate of drug-likeness (QED) is 0.354. The molecule has 0 bridgehead atoms. The standard InChI is InChI=1S/C15H22O.C12H22NO5P.C2H6/c1-12(14(16)11-15(2,3)4)10-13-8-6-5-7-9-13;1-5-19(16)17-8-12(3,4)10(18-19)11(15)13-7-6-9(2)14;1-2/h5-9,12H,10-11H2,1-4H3;10H,5-8H2,1-4H3,(H,13,15);1-2H3/t12-;10-,19?;/m00./s1. The summed E-state index contributed by atoms with van der Waals surface area (Å²) in [5.74, 6) is 0.160. The Balaban J connectivity index is 0.000000665. The fourth-order valence-corrected chi connectivity index (χ4v) is 5.10. The molecule has 1 aromatic rings. The van der Waals surface area contributed by atoms with E-state index in [-0.39, 0.29) is 48.8 Å². The lowest BCUT2D eigenvalue weighted by molar-refractivity contribution is -0.138. The average molecular weight is 540 g/mol. The Morgan fingerprint density at radius 1 is 1.14 bits per heavy atom. The maximum Gasteiger partial charge on any atom is 0.331 e. The maximum atomic E-state index is 12.1. The van der Waals surface area contributed by atoms with Crippen LogP contribution >= 0.6 is 7.60 Å². The van der Waals surface area contributed by atoms with E-state index >= 15 is 0 Å². The molecule has 1 aliphatic rings. The molecule has 1 aromatic carbocycles. The average Bonchev–Trinajstić information content (AvgIpc) is 2.82. The van der Waals surface area contributed by atoms with Crippen LogP contribution in [0.3, 0.4) is 0 Å². The second-order valence-corrected chi connectivity index (χ2v) is 13.5. The van der Waals surface area contributed by atoms with E-state index in [1.54, 1.807) is 6.92 Å². The van der Waals surface area contributed by atoms with Gasteiger partial charge in [0.15, 0.2) is 6.10 Å². The molecular weight excluding hydrogens is 489 g/mol. The number of amides is 1. The minimum Gasteiger partial charge on any atom is -0.353 e. The van der Waals surface area contributed by atoms with Gasteiger partial charge in [0.25, 0.3) is 0 Å². The number of hydrogen-bond acceptors (Lipinski definition) is 6. The van der Waals surface area contributed by atoms with Gasteiger partial charge in [0.2, 0.25) is 5.91 Å². The SMILES string of the molecule is CC.CCP1(=O)OCC(C)(C)[C@H](C(=O)NCCC(C)=O)O1.C[C@@H](Cc1ccccc1)C(=O)CC(C)(C)C. The maximum absolute atomic E-state index is 12.1. The molecule has 1 amide bonds. The van der Waals surface area contributed by atoms with Crippen LogP contribution in [0.5, 0.6) is 0 Å². The second-order valence-electron chi connectivity index (χ2n) is 11.2. The lowest BCUT2D eigenvalue weighted by atomic mass is 9.84. The van der Waals surface area contributed by atoms with Gasteiger partial charge in [-0.3, -0.25) is 23.5 Å². The van der Waals surface area contributed by atoms with Gasteiger partial charge in [-0.1, -0.05) is 92.6 Å². The smallest absolute Gasteiger partial charge is 0.331 e. The first-order valence-electron chi connectivity index (χ1n) is 13.3. The van der Waals surface area contributed by atoms with Crippen LogP contribution in [0.25, 0.3) is 0 Å². The molecule has 0 aromatic heterocycles. The van der Waals surface area contributed by atoms with E-state index in [9.17, 15) is 18.9 Å². The Morgan fingerprint density at radius 2 is 1.70 bits per heavy atom. The van der Waals surface area contributed by atoms with Crippen LogP contribution in [0.1, 0.15) is 87.6 Å².